The number of carbonyl (C=O) groups excluding carboxylic acids is 1. The highest BCUT2D eigenvalue weighted by atomic mass is 16.4. The summed E-state index contributed by atoms with van der Waals surface area (Å²) in [6, 6.07) is 0.937. The summed E-state index contributed by atoms with van der Waals surface area (Å²) in [7, 11) is 0. The van der Waals surface area contributed by atoms with E-state index in [1.807, 2.05) is 13.8 Å². The Hall–Kier alpha value is -7.34. The molecule has 0 radical (unpaired) electrons. The van der Waals surface area contributed by atoms with Crippen molar-refractivity contribution >= 4 is 71.4 Å². The smallest absolute Gasteiger partial charge is 0.326 e. The van der Waals surface area contributed by atoms with E-state index < -0.39 is 60.4 Å². The van der Waals surface area contributed by atoms with Gasteiger partial charge in [-0.1, -0.05) is 26.0 Å². The zero-order valence-corrected chi connectivity index (χ0v) is 34.3. The van der Waals surface area contributed by atoms with Crippen molar-refractivity contribution in [1.82, 2.24) is 35.2 Å². The average molecular weight is 872 g/mol. The molecule has 25 heteroatoms. The largest absolute Gasteiger partial charge is 0.508 e. The number of hydrogen-bond donors (Lipinski definition) is 13. The van der Waals surface area contributed by atoms with Gasteiger partial charge in [-0.15, -0.1) is 0 Å². The number of anilines is 6. The van der Waals surface area contributed by atoms with Gasteiger partial charge in [0.25, 0.3) is 0 Å². The molecule has 0 unspecified atom stereocenters. The molecule has 0 aliphatic rings. The number of nitrogens with zero attached hydrogens (tertiary/aromatic N) is 6. The molecule has 4 atom stereocenters. The number of nitrogens with one attached hydrogen (secondary N) is 7. The van der Waals surface area contributed by atoms with Crippen LogP contribution in [0.1, 0.15) is 71.3 Å². The van der Waals surface area contributed by atoms with Crippen LogP contribution in [0.25, 0.3) is 0 Å². The van der Waals surface area contributed by atoms with Crippen molar-refractivity contribution in [3.05, 3.63) is 29.8 Å². The van der Waals surface area contributed by atoms with E-state index in [1.165, 1.54) is 31.2 Å². The maximum Gasteiger partial charge on any atom is 0.326 e. The average Bonchev–Trinajstić information content (AvgIpc) is 3.18. The van der Waals surface area contributed by atoms with Crippen LogP contribution in [-0.2, 0) is 35.2 Å². The standard InChI is InChI=1S/C37H53N13O12/c1-19(2)16-23(29(57)58)42-35-46-32(45-34(49-35)41-20(3)28(55)56)39-14-6-4-5-13-38-26(52)8-7-15-40-33-47-36(50-37(48-33)44-25(31(61)62)18-27(53)54)43-24(30(59)60)17-21-9-11-22(51)12-10-21/h9-12,19-20,23-25,51H,4-8,13-18H2,1-3H3,(H,38,52)(H,53,54)(H,55,56)(H,57,58)(H,59,60)(H,61,62)(H3,39,41,42,45,46,49)(H3,40,43,44,47,48,50)/t20-,23-,24-,25-/m0/s1. The molecule has 0 aliphatic carbocycles. The minimum atomic E-state index is -1.63. The summed E-state index contributed by atoms with van der Waals surface area (Å²) in [5.74, 6) is -7.32. The summed E-state index contributed by atoms with van der Waals surface area (Å²) >= 11 is 0. The maximum absolute atomic E-state index is 12.5. The number of hydrogen-bond acceptors (Lipinski definition) is 19. The van der Waals surface area contributed by atoms with Gasteiger partial charge in [-0.2, -0.15) is 29.9 Å². The van der Waals surface area contributed by atoms with Crippen molar-refractivity contribution in [3.63, 3.8) is 0 Å². The van der Waals surface area contributed by atoms with Gasteiger partial charge in [0, 0.05) is 32.5 Å². The highest BCUT2D eigenvalue weighted by Crippen LogP contribution is 2.18. The number of aromatic nitrogens is 6. The number of benzene rings is 1. The number of rotatable bonds is 30. The lowest BCUT2D eigenvalue weighted by atomic mass is 10.0. The van der Waals surface area contributed by atoms with E-state index in [0.29, 0.717) is 50.8 Å². The highest BCUT2D eigenvalue weighted by molar-refractivity contribution is 5.83. The lowest BCUT2D eigenvalue weighted by Gasteiger charge is -2.18. The molecular formula is C37H53N13O12. The molecule has 62 heavy (non-hydrogen) atoms. The Labute approximate surface area is 355 Å². The predicted molar refractivity (Wildman–Crippen MR) is 222 cm³/mol. The second kappa shape index (κ2) is 24.7. The number of phenolic OH excluding ortho intramolecular Hbond substituents is 1. The van der Waals surface area contributed by atoms with Gasteiger partial charge in [0.05, 0.1) is 6.42 Å². The Balaban J connectivity index is 1.51. The fourth-order valence-corrected chi connectivity index (χ4v) is 5.42. The van der Waals surface area contributed by atoms with Crippen LogP contribution in [0.2, 0.25) is 0 Å². The normalized spacial score (nSPS) is 12.8. The maximum atomic E-state index is 12.5. The molecule has 25 nitrogen and oxygen atoms in total. The number of aliphatic carboxylic acids is 5. The lowest BCUT2D eigenvalue weighted by Crippen LogP contribution is -2.34. The van der Waals surface area contributed by atoms with E-state index in [0.717, 1.165) is 0 Å². The third-order valence-electron chi connectivity index (χ3n) is 8.58. The molecule has 0 fully saturated rings. The zero-order chi connectivity index (χ0) is 45.8. The summed E-state index contributed by atoms with van der Waals surface area (Å²) in [5, 5.41) is 76.3. The number of unbranched alkanes of at least 4 members (excludes halogenated alkanes) is 2. The second-order valence-corrected chi connectivity index (χ2v) is 14.4. The number of phenols is 1. The Morgan fingerprint density at radius 2 is 1.02 bits per heavy atom. The number of amides is 1. The molecule has 3 aromatic rings. The number of aromatic hydroxyl groups is 1. The van der Waals surface area contributed by atoms with Crippen molar-refractivity contribution in [1.29, 1.82) is 0 Å². The molecule has 1 aromatic carbocycles. The van der Waals surface area contributed by atoms with Crippen molar-refractivity contribution < 1.29 is 59.4 Å². The van der Waals surface area contributed by atoms with Crippen LogP contribution in [0.15, 0.2) is 24.3 Å². The van der Waals surface area contributed by atoms with Crippen LogP contribution in [0.4, 0.5) is 35.7 Å². The minimum Gasteiger partial charge on any atom is -0.508 e. The molecule has 0 aliphatic heterocycles. The van der Waals surface area contributed by atoms with Gasteiger partial charge in [-0.25, -0.2) is 14.4 Å². The monoisotopic (exact) mass is 871 g/mol. The van der Waals surface area contributed by atoms with Crippen LogP contribution in [0.5, 0.6) is 5.75 Å². The quantitative estimate of drug-likeness (QED) is 0.0423. The van der Waals surface area contributed by atoms with E-state index in [2.05, 4.69) is 67.1 Å². The van der Waals surface area contributed by atoms with Gasteiger partial charge in [0.1, 0.15) is 29.9 Å². The second-order valence-electron chi connectivity index (χ2n) is 14.4. The van der Waals surface area contributed by atoms with E-state index in [-0.39, 0.29) is 72.7 Å². The number of carboxylic acids is 5. The molecular weight excluding hydrogens is 818 g/mol. The van der Waals surface area contributed by atoms with E-state index in [4.69, 9.17) is 5.11 Å². The summed E-state index contributed by atoms with van der Waals surface area (Å²) in [4.78, 5) is 95.7. The summed E-state index contributed by atoms with van der Waals surface area (Å²) < 4.78 is 0. The van der Waals surface area contributed by atoms with Crippen LogP contribution in [0, 0.1) is 5.92 Å². The van der Waals surface area contributed by atoms with Crippen molar-refractivity contribution in [2.24, 2.45) is 5.92 Å². The third kappa shape index (κ3) is 18.3. The van der Waals surface area contributed by atoms with Gasteiger partial charge in [0.2, 0.25) is 41.6 Å². The van der Waals surface area contributed by atoms with E-state index >= 15 is 0 Å². The van der Waals surface area contributed by atoms with Crippen LogP contribution >= 0.6 is 0 Å². The van der Waals surface area contributed by atoms with Gasteiger partial charge < -0.3 is 67.9 Å². The first-order chi connectivity index (χ1) is 29.4. The number of carbonyl (C=O) groups is 6. The van der Waals surface area contributed by atoms with E-state index in [9.17, 15) is 54.3 Å². The topological polar surface area (TPSA) is 385 Å². The molecule has 0 saturated heterocycles. The number of carboxylic acid groups (broad SMARTS) is 5. The predicted octanol–water partition coefficient (Wildman–Crippen LogP) is 1.60. The first-order valence-corrected chi connectivity index (χ1v) is 19.6. The van der Waals surface area contributed by atoms with Gasteiger partial charge in [-0.3, -0.25) is 14.4 Å². The molecule has 2 heterocycles. The first kappa shape index (κ1) is 49.0. The molecule has 0 saturated carbocycles. The van der Waals surface area contributed by atoms with Crippen molar-refractivity contribution in [2.75, 3.05) is 51.5 Å². The molecule has 13 N–H and O–H groups in total. The fourth-order valence-electron chi connectivity index (χ4n) is 5.42. The zero-order valence-electron chi connectivity index (χ0n) is 34.3. The lowest BCUT2D eigenvalue weighted by molar-refractivity contribution is -0.144. The summed E-state index contributed by atoms with van der Waals surface area (Å²) in [5.41, 5.74) is 0.560. The van der Waals surface area contributed by atoms with Gasteiger partial charge in [-0.05, 0) is 62.6 Å². The van der Waals surface area contributed by atoms with E-state index in [1.54, 1.807) is 0 Å². The van der Waals surface area contributed by atoms with Crippen LogP contribution in [-0.4, -0.2) is 140 Å². The minimum absolute atomic E-state index is 0.00839. The van der Waals surface area contributed by atoms with Gasteiger partial charge >= 0.3 is 29.8 Å². The highest BCUT2D eigenvalue weighted by Gasteiger charge is 2.25. The Morgan fingerprint density at radius 1 is 0.548 bits per heavy atom. The molecule has 0 spiro atoms. The van der Waals surface area contributed by atoms with Crippen LogP contribution in [0.3, 0.4) is 0 Å². The fraction of sp³-hybridized carbons (Fsp3) is 0.514. The van der Waals surface area contributed by atoms with Crippen molar-refractivity contribution in [3.8, 4) is 5.75 Å². The third-order valence-corrected chi connectivity index (χ3v) is 8.58. The Bertz CT molecular complexity index is 1990. The molecule has 3 rings (SSSR count). The molecule has 338 valence electrons. The SMILES string of the molecule is CC(C)C[C@H](Nc1nc(NCCCCCNC(=O)CCCNc2nc(N[C@@H](CC(=O)O)C(=O)O)nc(N[C@@H](Cc3ccc(O)cc3)C(=O)O)n2)nc(N[C@@H](C)C(=O)O)n1)C(=O)O. The van der Waals surface area contributed by atoms with Gasteiger partial charge in [0.15, 0.2) is 0 Å². The Morgan fingerprint density at radius 3 is 1.52 bits per heavy atom. The molecule has 1 amide bonds. The summed E-state index contributed by atoms with van der Waals surface area (Å²) in [6.45, 7) is 6.09. The van der Waals surface area contributed by atoms with Crippen molar-refractivity contribution in [2.45, 2.75) is 96.3 Å². The molecule has 2 aromatic heterocycles. The summed E-state index contributed by atoms with van der Waals surface area (Å²) in [6.07, 6.45) is 1.80. The Kier molecular flexibility index (Phi) is 19.5. The van der Waals surface area contributed by atoms with Crippen LogP contribution < -0.4 is 37.2 Å². The molecule has 0 bridgehead atoms. The first-order valence-electron chi connectivity index (χ1n) is 19.6.